The van der Waals surface area contributed by atoms with Crippen LogP contribution in [-0.2, 0) is 0 Å². The number of nitrogens with zero attached hydrogens (tertiary/aromatic N) is 2. The Labute approximate surface area is 69.7 Å². The molecule has 2 heteroatoms. The summed E-state index contributed by atoms with van der Waals surface area (Å²) in [5.74, 6) is 0. The van der Waals surface area contributed by atoms with E-state index in [2.05, 4.69) is 10.2 Å². The van der Waals surface area contributed by atoms with Gasteiger partial charge in [-0.25, -0.2) is 0 Å². The molecule has 0 aromatic heterocycles. The first-order chi connectivity index (χ1) is 5.50. The first-order valence-corrected chi connectivity index (χ1v) is 4.20. The molecule has 0 amide bonds. The molecule has 0 radical (unpaired) electrons. The molecule has 2 nitrogen and oxygen atoms in total. The van der Waals surface area contributed by atoms with E-state index in [9.17, 15) is 0 Å². The zero-order valence-corrected chi connectivity index (χ0v) is 7.91. The quantitative estimate of drug-likeness (QED) is 0.512. The van der Waals surface area contributed by atoms with Crippen LogP contribution in [0.1, 0.15) is 34.1 Å². The molecule has 11 heavy (non-hydrogen) atoms. The molecule has 0 atom stereocenters. The number of rotatable bonds is 0. The van der Waals surface area contributed by atoms with Gasteiger partial charge < -0.3 is 0 Å². The molecule has 1 rings (SSSR count). The molecular weight excluding hydrogens is 136 g/mol. The average Bonchev–Trinajstić information content (AvgIpc) is 2.42. The number of hydrogen-bond donors (Lipinski definition) is 0. The molecule has 0 saturated heterocycles. The summed E-state index contributed by atoms with van der Waals surface area (Å²) in [6, 6.07) is 0. The Kier molecular flexibility index (Phi) is 18.6. The highest BCUT2D eigenvalue weighted by Gasteiger charge is 1.72. The highest BCUT2D eigenvalue weighted by molar-refractivity contribution is 5.74. The van der Waals surface area contributed by atoms with E-state index in [1.165, 1.54) is 0 Å². The van der Waals surface area contributed by atoms with Crippen LogP contribution in [0, 0.1) is 0 Å². The van der Waals surface area contributed by atoms with Crippen LogP contribution in [0.2, 0.25) is 0 Å². The molecule has 1 aliphatic heterocycles. The molecule has 0 spiro atoms. The van der Waals surface area contributed by atoms with Gasteiger partial charge in [0.1, 0.15) is 0 Å². The van der Waals surface area contributed by atoms with E-state index < -0.39 is 0 Å². The zero-order valence-electron chi connectivity index (χ0n) is 7.91. The summed E-state index contributed by atoms with van der Waals surface area (Å²) < 4.78 is 0. The summed E-state index contributed by atoms with van der Waals surface area (Å²) in [4.78, 5) is 0. The van der Waals surface area contributed by atoms with Crippen molar-refractivity contribution in [3.63, 3.8) is 0 Å². The molecule has 0 bridgehead atoms. The predicted molar refractivity (Wildman–Crippen MR) is 53.4 cm³/mol. The lowest BCUT2D eigenvalue weighted by molar-refractivity contribution is 1.26. The van der Waals surface area contributed by atoms with E-state index in [1.54, 1.807) is 12.4 Å². The molecule has 0 aromatic rings. The minimum Gasteiger partial charge on any atom is -0.163 e. The fourth-order valence-electron chi connectivity index (χ4n) is 0.372. The first-order valence-electron chi connectivity index (χ1n) is 4.20. The van der Waals surface area contributed by atoms with Gasteiger partial charge in [0.25, 0.3) is 0 Å². The van der Waals surface area contributed by atoms with Gasteiger partial charge in [0.2, 0.25) is 0 Å². The van der Waals surface area contributed by atoms with Gasteiger partial charge in [-0.05, 0) is 6.08 Å². The topological polar surface area (TPSA) is 24.7 Å². The smallest absolute Gasteiger partial charge is 0.0492 e. The van der Waals surface area contributed by atoms with Crippen molar-refractivity contribution in [2.75, 3.05) is 0 Å². The van der Waals surface area contributed by atoms with E-state index in [0.717, 1.165) is 6.42 Å². The van der Waals surface area contributed by atoms with E-state index in [1.807, 2.05) is 39.8 Å². The van der Waals surface area contributed by atoms with E-state index in [0.29, 0.717) is 0 Å². The van der Waals surface area contributed by atoms with Crippen LogP contribution in [0.3, 0.4) is 0 Å². The monoisotopic (exact) mass is 154 g/mol. The van der Waals surface area contributed by atoms with Gasteiger partial charge in [-0.1, -0.05) is 33.8 Å². The first kappa shape index (κ1) is 12.7. The molecule has 0 aliphatic carbocycles. The highest BCUT2D eigenvalue weighted by Crippen LogP contribution is 1.82. The van der Waals surface area contributed by atoms with Crippen LogP contribution in [0.4, 0.5) is 0 Å². The Balaban J connectivity index is 0. The van der Waals surface area contributed by atoms with Gasteiger partial charge in [0, 0.05) is 18.9 Å². The predicted octanol–water partition coefficient (Wildman–Crippen LogP) is 3.06. The summed E-state index contributed by atoms with van der Waals surface area (Å²) in [6.07, 6.45) is 8.22. The Hall–Kier alpha value is -0.920. The Morgan fingerprint density at radius 1 is 1.00 bits per heavy atom. The van der Waals surface area contributed by atoms with Gasteiger partial charge in [-0.2, -0.15) is 10.2 Å². The lowest BCUT2D eigenvalue weighted by Crippen LogP contribution is -1.61. The summed E-state index contributed by atoms with van der Waals surface area (Å²) >= 11 is 0. The lowest BCUT2D eigenvalue weighted by atomic mass is 10.4. The minimum atomic E-state index is 0.903. The molecule has 0 aromatic carbocycles. The molecule has 64 valence electrons. The Morgan fingerprint density at radius 3 is 2.27 bits per heavy atom. The summed E-state index contributed by atoms with van der Waals surface area (Å²) in [5.41, 5.74) is 0. The van der Waals surface area contributed by atoms with E-state index in [4.69, 9.17) is 0 Å². The van der Waals surface area contributed by atoms with Gasteiger partial charge in [0.15, 0.2) is 0 Å². The zero-order chi connectivity index (χ0) is 8.95. The Bertz CT molecular complexity index is 110. The second-order valence-electron chi connectivity index (χ2n) is 1.23. The van der Waals surface area contributed by atoms with Crippen LogP contribution in [0.15, 0.2) is 22.4 Å². The van der Waals surface area contributed by atoms with Crippen LogP contribution >= 0.6 is 0 Å². The van der Waals surface area contributed by atoms with Gasteiger partial charge in [-0.15, -0.1) is 0 Å². The maximum absolute atomic E-state index is 3.65. The van der Waals surface area contributed by atoms with Gasteiger partial charge >= 0.3 is 0 Å². The molecule has 0 fully saturated rings. The van der Waals surface area contributed by atoms with Crippen molar-refractivity contribution in [1.29, 1.82) is 0 Å². The third kappa shape index (κ3) is 12.3. The fourth-order valence-corrected chi connectivity index (χ4v) is 0.372. The van der Waals surface area contributed by atoms with Crippen molar-refractivity contribution in [2.24, 2.45) is 10.2 Å². The van der Waals surface area contributed by atoms with Crippen molar-refractivity contribution >= 4 is 12.4 Å². The normalized spacial score (nSPS) is 12.0. The standard InChI is InChI=1S/C5H6N2.2C2H6/c1-2-4-6-7-5-3-1;2*1-2/h1-2,4-5H,3H2;2*1-2H3. The molecular formula is C9H18N2. The van der Waals surface area contributed by atoms with Crippen LogP contribution in [-0.4, -0.2) is 12.4 Å². The number of hydrogen-bond acceptors (Lipinski definition) is 2. The summed E-state index contributed by atoms with van der Waals surface area (Å²) in [7, 11) is 0. The van der Waals surface area contributed by atoms with Crippen molar-refractivity contribution in [3.05, 3.63) is 12.2 Å². The molecule has 0 unspecified atom stereocenters. The second-order valence-corrected chi connectivity index (χ2v) is 1.23. The average molecular weight is 154 g/mol. The third-order valence-electron chi connectivity index (χ3n) is 0.679. The van der Waals surface area contributed by atoms with Gasteiger partial charge in [-0.3, -0.25) is 0 Å². The van der Waals surface area contributed by atoms with E-state index >= 15 is 0 Å². The fraction of sp³-hybridized carbons (Fsp3) is 0.556. The molecule has 1 heterocycles. The van der Waals surface area contributed by atoms with E-state index in [-0.39, 0.29) is 0 Å². The van der Waals surface area contributed by atoms with Crippen molar-refractivity contribution in [2.45, 2.75) is 34.1 Å². The minimum absolute atomic E-state index is 0.903. The second kappa shape index (κ2) is 16.0. The Morgan fingerprint density at radius 2 is 1.64 bits per heavy atom. The lowest BCUT2D eigenvalue weighted by Gasteiger charge is -1.67. The largest absolute Gasteiger partial charge is 0.163 e. The van der Waals surface area contributed by atoms with Crippen molar-refractivity contribution < 1.29 is 0 Å². The summed E-state index contributed by atoms with van der Waals surface area (Å²) in [5, 5.41) is 7.28. The summed E-state index contributed by atoms with van der Waals surface area (Å²) in [6.45, 7) is 8.00. The SMILES string of the molecule is C1=CCC=NN=C1.CC.CC. The van der Waals surface area contributed by atoms with Crippen LogP contribution in [0.25, 0.3) is 0 Å². The van der Waals surface area contributed by atoms with Crippen molar-refractivity contribution in [3.8, 4) is 0 Å². The third-order valence-corrected chi connectivity index (χ3v) is 0.679. The maximum Gasteiger partial charge on any atom is 0.0492 e. The van der Waals surface area contributed by atoms with Crippen molar-refractivity contribution in [1.82, 2.24) is 0 Å². The van der Waals surface area contributed by atoms with Crippen LogP contribution in [0.5, 0.6) is 0 Å². The highest BCUT2D eigenvalue weighted by atomic mass is 15.2. The van der Waals surface area contributed by atoms with Crippen LogP contribution < -0.4 is 0 Å². The molecule has 0 N–H and O–H groups in total. The number of allylic oxidation sites excluding steroid dienone is 2. The van der Waals surface area contributed by atoms with Gasteiger partial charge in [0.05, 0.1) is 0 Å². The molecule has 1 aliphatic rings. The maximum atomic E-state index is 3.65. The molecule has 0 saturated carbocycles.